The number of methoxy groups -OCH3 is 1. The number of ether oxygens (including phenoxy) is 1. The Morgan fingerprint density at radius 2 is 1.71 bits per heavy atom. The molecule has 0 amide bonds. The molecule has 0 saturated heterocycles. The van der Waals surface area contributed by atoms with Gasteiger partial charge in [-0.05, 0) is 18.8 Å². The number of esters is 1. The van der Waals surface area contributed by atoms with Crippen molar-refractivity contribution in [2.24, 2.45) is 5.92 Å². The summed E-state index contributed by atoms with van der Waals surface area (Å²) in [5.74, 6) is -0.861. The van der Waals surface area contributed by atoms with Gasteiger partial charge in [0.1, 0.15) is 0 Å². The first kappa shape index (κ1) is 14.5. The normalized spacial score (nSPS) is 20.2. The minimum atomic E-state index is -3.41. The molecule has 1 atom stereocenters. The second-order valence-corrected chi connectivity index (χ2v) is 7.39. The molecule has 1 unspecified atom stereocenters. The monoisotopic (exact) mass is 262 g/mol. The van der Waals surface area contributed by atoms with Crippen LogP contribution in [0.5, 0.6) is 0 Å². The molecule has 0 radical (unpaired) electrons. The van der Waals surface area contributed by atoms with Crippen LogP contribution in [0.3, 0.4) is 0 Å². The maximum absolute atomic E-state index is 12.4. The van der Waals surface area contributed by atoms with Gasteiger partial charge in [-0.2, -0.15) is 0 Å². The first-order chi connectivity index (χ1) is 7.91. The van der Waals surface area contributed by atoms with E-state index in [0.717, 1.165) is 19.3 Å². The minimum absolute atomic E-state index is 0.241. The fourth-order valence-electron chi connectivity index (χ4n) is 2.50. The van der Waals surface area contributed by atoms with Gasteiger partial charge in [0.2, 0.25) is 0 Å². The van der Waals surface area contributed by atoms with E-state index in [9.17, 15) is 13.2 Å². The Balaban J connectivity index is 2.95. The summed E-state index contributed by atoms with van der Waals surface area (Å²) in [6.07, 6.45) is 4.34. The van der Waals surface area contributed by atoms with Gasteiger partial charge in [0.25, 0.3) is 0 Å². The Bertz CT molecular complexity index is 353. The van der Waals surface area contributed by atoms with Gasteiger partial charge in [-0.3, -0.25) is 4.79 Å². The van der Waals surface area contributed by atoms with Crippen LogP contribution in [0.25, 0.3) is 0 Å². The third kappa shape index (κ3) is 3.21. The van der Waals surface area contributed by atoms with Crippen LogP contribution in [0.1, 0.15) is 46.0 Å². The first-order valence-electron chi connectivity index (χ1n) is 6.21. The molecule has 0 aromatic rings. The van der Waals surface area contributed by atoms with Crippen LogP contribution in [0.4, 0.5) is 0 Å². The molecule has 0 N–H and O–H groups in total. The molecule has 1 fully saturated rings. The lowest BCUT2D eigenvalue weighted by molar-refractivity contribution is -0.140. The third-order valence-corrected chi connectivity index (χ3v) is 6.26. The molecule has 1 saturated carbocycles. The number of carbonyl (C=O) groups excluding carboxylic acids is 1. The maximum Gasteiger partial charge on any atom is 0.324 e. The van der Waals surface area contributed by atoms with Gasteiger partial charge in [0.15, 0.2) is 15.1 Å². The van der Waals surface area contributed by atoms with Crippen LogP contribution in [0, 0.1) is 5.92 Å². The van der Waals surface area contributed by atoms with E-state index in [2.05, 4.69) is 4.74 Å². The molecule has 0 aliphatic heterocycles. The van der Waals surface area contributed by atoms with Crippen molar-refractivity contribution < 1.29 is 17.9 Å². The van der Waals surface area contributed by atoms with Crippen LogP contribution >= 0.6 is 0 Å². The lowest BCUT2D eigenvalue weighted by Crippen LogP contribution is -2.42. The summed E-state index contributed by atoms with van der Waals surface area (Å²) in [6, 6.07) is 0. The largest absolute Gasteiger partial charge is 0.468 e. The molecule has 1 aliphatic rings. The smallest absolute Gasteiger partial charge is 0.324 e. The lowest BCUT2D eigenvalue weighted by atomic mass is 10.0. The molecule has 0 heterocycles. The summed E-state index contributed by atoms with van der Waals surface area (Å²) in [4.78, 5) is 11.6. The fraction of sp³-hybridized carbons (Fsp3) is 0.917. The molecule has 0 spiro atoms. The first-order valence-corrected chi connectivity index (χ1v) is 7.82. The Labute approximate surface area is 104 Å². The van der Waals surface area contributed by atoms with E-state index >= 15 is 0 Å². The second kappa shape index (κ2) is 5.85. The number of carbonyl (C=O) groups is 1. The number of hydrogen-bond donors (Lipinski definition) is 0. The molecular weight excluding hydrogens is 240 g/mol. The molecule has 100 valence electrons. The molecule has 1 aliphatic carbocycles. The standard InChI is InChI=1S/C12H22O4S/c1-9(2)11(12(13)16-3)17(14,15)10-7-5-4-6-8-10/h9-11H,4-8H2,1-3H3. The van der Waals surface area contributed by atoms with E-state index in [1.54, 1.807) is 13.8 Å². The van der Waals surface area contributed by atoms with Crippen molar-refractivity contribution in [1.82, 2.24) is 0 Å². The summed E-state index contributed by atoms with van der Waals surface area (Å²) in [5, 5.41) is -1.36. The summed E-state index contributed by atoms with van der Waals surface area (Å²) >= 11 is 0. The molecule has 1 rings (SSSR count). The Morgan fingerprint density at radius 1 is 1.18 bits per heavy atom. The van der Waals surface area contributed by atoms with E-state index in [0.29, 0.717) is 12.8 Å². The van der Waals surface area contributed by atoms with Crippen molar-refractivity contribution in [3.63, 3.8) is 0 Å². The predicted octanol–water partition coefficient (Wildman–Crippen LogP) is 1.93. The van der Waals surface area contributed by atoms with Crippen molar-refractivity contribution in [3.8, 4) is 0 Å². The molecule has 4 nitrogen and oxygen atoms in total. The van der Waals surface area contributed by atoms with Crippen LogP contribution < -0.4 is 0 Å². The average molecular weight is 262 g/mol. The predicted molar refractivity (Wildman–Crippen MR) is 66.4 cm³/mol. The van der Waals surface area contributed by atoms with E-state index in [1.807, 2.05) is 0 Å². The van der Waals surface area contributed by atoms with Gasteiger partial charge in [0, 0.05) is 0 Å². The number of rotatable bonds is 4. The van der Waals surface area contributed by atoms with Crippen molar-refractivity contribution >= 4 is 15.8 Å². The topological polar surface area (TPSA) is 60.4 Å². The summed E-state index contributed by atoms with van der Waals surface area (Å²) in [7, 11) is -2.17. The minimum Gasteiger partial charge on any atom is -0.468 e. The Kier molecular flexibility index (Phi) is 4.98. The quantitative estimate of drug-likeness (QED) is 0.726. The SMILES string of the molecule is COC(=O)C(C(C)C)S(=O)(=O)C1CCCCC1. The van der Waals surface area contributed by atoms with Crippen molar-refractivity contribution in [2.45, 2.75) is 56.5 Å². The zero-order valence-corrected chi connectivity index (χ0v) is 11.6. The Hall–Kier alpha value is -0.580. The van der Waals surface area contributed by atoms with Crippen LogP contribution in [-0.2, 0) is 19.4 Å². The lowest BCUT2D eigenvalue weighted by Gasteiger charge is -2.27. The van der Waals surface area contributed by atoms with E-state index in [-0.39, 0.29) is 11.2 Å². The van der Waals surface area contributed by atoms with Crippen LogP contribution in [0.2, 0.25) is 0 Å². The van der Waals surface area contributed by atoms with Crippen molar-refractivity contribution in [1.29, 1.82) is 0 Å². The Morgan fingerprint density at radius 3 is 2.12 bits per heavy atom. The van der Waals surface area contributed by atoms with Gasteiger partial charge < -0.3 is 4.74 Å². The summed E-state index contributed by atoms with van der Waals surface area (Å²) in [6.45, 7) is 3.50. The van der Waals surface area contributed by atoms with Crippen molar-refractivity contribution in [3.05, 3.63) is 0 Å². The van der Waals surface area contributed by atoms with Gasteiger partial charge in [-0.1, -0.05) is 33.1 Å². The van der Waals surface area contributed by atoms with Crippen molar-refractivity contribution in [2.75, 3.05) is 7.11 Å². The molecule has 17 heavy (non-hydrogen) atoms. The van der Waals surface area contributed by atoms with E-state index in [4.69, 9.17) is 0 Å². The highest BCUT2D eigenvalue weighted by Crippen LogP contribution is 2.29. The average Bonchev–Trinajstić information content (AvgIpc) is 2.29. The fourth-order valence-corrected chi connectivity index (χ4v) is 5.03. The third-order valence-electron chi connectivity index (χ3n) is 3.41. The van der Waals surface area contributed by atoms with Gasteiger partial charge in [0.05, 0.1) is 12.4 Å². The summed E-state index contributed by atoms with van der Waals surface area (Å²) < 4.78 is 29.5. The van der Waals surface area contributed by atoms with E-state index in [1.165, 1.54) is 7.11 Å². The number of hydrogen-bond acceptors (Lipinski definition) is 4. The zero-order valence-electron chi connectivity index (χ0n) is 10.8. The highest BCUT2D eigenvalue weighted by Gasteiger charge is 2.41. The van der Waals surface area contributed by atoms with Gasteiger partial charge in [-0.25, -0.2) is 8.42 Å². The van der Waals surface area contributed by atoms with Crippen LogP contribution in [0.15, 0.2) is 0 Å². The van der Waals surface area contributed by atoms with Crippen LogP contribution in [-0.4, -0.2) is 32.0 Å². The van der Waals surface area contributed by atoms with Gasteiger partial charge in [-0.15, -0.1) is 0 Å². The molecular formula is C12H22O4S. The zero-order chi connectivity index (χ0) is 13.1. The maximum atomic E-state index is 12.4. The molecule has 0 aromatic heterocycles. The van der Waals surface area contributed by atoms with Gasteiger partial charge >= 0.3 is 5.97 Å². The number of sulfone groups is 1. The van der Waals surface area contributed by atoms with E-state index < -0.39 is 21.1 Å². The molecule has 0 aromatic carbocycles. The highest BCUT2D eigenvalue weighted by molar-refractivity contribution is 7.93. The second-order valence-electron chi connectivity index (χ2n) is 5.04. The highest BCUT2D eigenvalue weighted by atomic mass is 32.2. The molecule has 0 bridgehead atoms. The summed E-state index contributed by atoms with van der Waals surface area (Å²) in [5.41, 5.74) is 0. The molecule has 5 heteroatoms.